The molecule has 1 aliphatic heterocycles. The summed E-state index contributed by atoms with van der Waals surface area (Å²) in [5.41, 5.74) is 3.61. The number of thiophene rings is 1. The first-order valence-corrected chi connectivity index (χ1v) is 12.3. The van der Waals surface area contributed by atoms with Gasteiger partial charge in [0.15, 0.2) is 0 Å². The minimum atomic E-state index is -0.246. The van der Waals surface area contributed by atoms with Gasteiger partial charge >= 0.3 is 0 Å². The van der Waals surface area contributed by atoms with Crippen LogP contribution in [-0.2, 0) is 12.8 Å². The van der Waals surface area contributed by atoms with Gasteiger partial charge < -0.3 is 10.6 Å². The van der Waals surface area contributed by atoms with Gasteiger partial charge in [-0.1, -0.05) is 69.3 Å². The smallest absolute Gasteiger partial charge is 0.256 e. The summed E-state index contributed by atoms with van der Waals surface area (Å²) in [4.78, 5) is 14.8. The average Bonchev–Trinajstić information content (AvgIpc) is 3.15. The Hall–Kier alpha value is -2.85. The summed E-state index contributed by atoms with van der Waals surface area (Å²) in [6.07, 6.45) is 2.99. The number of nitrogens with one attached hydrogen (secondary N) is 2. The fourth-order valence-electron chi connectivity index (χ4n) is 5.54. The topological polar surface area (TPSA) is 41.1 Å². The van der Waals surface area contributed by atoms with Crippen LogP contribution in [0.15, 0.2) is 54.6 Å². The minimum absolute atomic E-state index is 0.0625. The highest BCUT2D eigenvalue weighted by Gasteiger charge is 2.37. The second kappa shape index (κ2) is 7.08. The van der Waals surface area contributed by atoms with Crippen LogP contribution in [0.4, 0.5) is 5.00 Å². The summed E-state index contributed by atoms with van der Waals surface area (Å²) in [6, 6.07) is 19.2. The van der Waals surface area contributed by atoms with Crippen molar-refractivity contribution in [2.75, 3.05) is 5.32 Å². The lowest BCUT2D eigenvalue weighted by atomic mass is 9.72. The summed E-state index contributed by atoms with van der Waals surface area (Å²) in [6.45, 7) is 7.01. The van der Waals surface area contributed by atoms with Crippen LogP contribution < -0.4 is 10.6 Å². The molecule has 2 atom stereocenters. The zero-order chi connectivity index (χ0) is 22.0. The monoisotopic (exact) mass is 440 g/mol. The maximum Gasteiger partial charge on any atom is 0.256 e. The Labute approximate surface area is 192 Å². The highest BCUT2D eigenvalue weighted by molar-refractivity contribution is 7.16. The van der Waals surface area contributed by atoms with E-state index in [0.29, 0.717) is 11.3 Å². The molecule has 0 saturated carbocycles. The van der Waals surface area contributed by atoms with Gasteiger partial charge in [0.1, 0.15) is 11.2 Å². The molecule has 0 saturated heterocycles. The first kappa shape index (κ1) is 19.8. The quantitative estimate of drug-likeness (QED) is 0.311. The summed E-state index contributed by atoms with van der Waals surface area (Å²) in [5, 5.41) is 12.8. The third-order valence-electron chi connectivity index (χ3n) is 7.37. The molecule has 1 aliphatic carbocycles. The van der Waals surface area contributed by atoms with Crippen molar-refractivity contribution in [2.45, 2.75) is 46.2 Å². The number of carbonyl (C=O) groups excluding carboxylic acids is 1. The third-order valence-corrected chi connectivity index (χ3v) is 8.56. The van der Waals surface area contributed by atoms with Gasteiger partial charge in [-0.15, -0.1) is 11.3 Å². The Kier molecular flexibility index (Phi) is 4.38. The van der Waals surface area contributed by atoms with Crippen molar-refractivity contribution in [3.8, 4) is 0 Å². The Morgan fingerprint density at radius 1 is 0.938 bits per heavy atom. The molecule has 3 nitrogen and oxygen atoms in total. The molecule has 2 N–H and O–H groups in total. The number of fused-ring (bicyclic) bond motifs is 5. The van der Waals surface area contributed by atoms with Crippen LogP contribution in [0.25, 0.3) is 21.5 Å². The molecule has 2 aliphatic rings. The Balaban J connectivity index is 1.46. The van der Waals surface area contributed by atoms with E-state index in [4.69, 9.17) is 0 Å². The molecule has 4 aromatic rings. The molecule has 2 heterocycles. The van der Waals surface area contributed by atoms with E-state index in [1.807, 2.05) is 0 Å². The Bertz CT molecular complexity index is 1320. The van der Waals surface area contributed by atoms with Gasteiger partial charge in [0.25, 0.3) is 5.91 Å². The summed E-state index contributed by atoms with van der Waals surface area (Å²) < 4.78 is 0. The molecular weight excluding hydrogens is 412 g/mol. The van der Waals surface area contributed by atoms with E-state index in [1.54, 1.807) is 11.3 Å². The lowest BCUT2D eigenvalue weighted by Crippen LogP contribution is -2.38. The fourth-order valence-corrected chi connectivity index (χ4v) is 6.89. The summed E-state index contributed by atoms with van der Waals surface area (Å²) in [7, 11) is 0. The normalized spacial score (nSPS) is 20.5. The second-order valence-electron chi connectivity index (χ2n) is 10.3. The molecule has 3 aromatic carbocycles. The average molecular weight is 441 g/mol. The standard InChI is InChI=1S/C28H28N2OS/c1-28(2,3)18-12-13-21-22(15-18)32-27-24(21)26(31)29-25(30-27)23-19-10-6-4-8-16(19)14-17-9-5-7-11-20(17)23/h4-11,14,18,25,30H,12-13,15H2,1-3H3,(H,29,31). The first-order valence-electron chi connectivity index (χ1n) is 11.5. The van der Waals surface area contributed by atoms with Crippen LogP contribution in [0, 0.1) is 11.3 Å². The van der Waals surface area contributed by atoms with Crippen molar-refractivity contribution in [2.24, 2.45) is 11.3 Å². The molecule has 162 valence electrons. The van der Waals surface area contributed by atoms with E-state index in [2.05, 4.69) is 86.0 Å². The van der Waals surface area contributed by atoms with E-state index < -0.39 is 0 Å². The van der Waals surface area contributed by atoms with Crippen molar-refractivity contribution in [1.29, 1.82) is 0 Å². The molecule has 4 heteroatoms. The van der Waals surface area contributed by atoms with Crippen LogP contribution in [-0.4, -0.2) is 5.91 Å². The third kappa shape index (κ3) is 3.04. The molecule has 1 aromatic heterocycles. The lowest BCUT2D eigenvalue weighted by molar-refractivity contribution is 0.0935. The number of anilines is 1. The number of amides is 1. The van der Waals surface area contributed by atoms with Gasteiger partial charge in [-0.05, 0) is 63.8 Å². The predicted octanol–water partition coefficient (Wildman–Crippen LogP) is 7.06. The zero-order valence-corrected chi connectivity index (χ0v) is 19.6. The minimum Gasteiger partial charge on any atom is -0.353 e. The van der Waals surface area contributed by atoms with Crippen molar-refractivity contribution in [3.05, 3.63) is 76.2 Å². The van der Waals surface area contributed by atoms with Crippen LogP contribution in [0.5, 0.6) is 0 Å². The van der Waals surface area contributed by atoms with E-state index in [-0.39, 0.29) is 12.1 Å². The lowest BCUT2D eigenvalue weighted by Gasteiger charge is -2.34. The van der Waals surface area contributed by atoms with Crippen LogP contribution >= 0.6 is 11.3 Å². The van der Waals surface area contributed by atoms with Crippen molar-refractivity contribution < 1.29 is 4.79 Å². The van der Waals surface area contributed by atoms with Crippen LogP contribution in [0.3, 0.4) is 0 Å². The van der Waals surface area contributed by atoms with Crippen molar-refractivity contribution in [1.82, 2.24) is 5.32 Å². The van der Waals surface area contributed by atoms with Crippen LogP contribution in [0.2, 0.25) is 0 Å². The second-order valence-corrected chi connectivity index (χ2v) is 11.4. The number of hydrogen-bond acceptors (Lipinski definition) is 3. The molecule has 6 rings (SSSR count). The molecule has 2 unspecified atom stereocenters. The zero-order valence-electron chi connectivity index (χ0n) is 18.8. The maximum atomic E-state index is 13.4. The summed E-state index contributed by atoms with van der Waals surface area (Å²) in [5.74, 6) is 0.725. The molecular formula is C28H28N2OS. The highest BCUT2D eigenvalue weighted by atomic mass is 32.1. The molecule has 0 radical (unpaired) electrons. The molecule has 0 spiro atoms. The number of hydrogen-bond donors (Lipinski definition) is 2. The molecule has 32 heavy (non-hydrogen) atoms. The van der Waals surface area contributed by atoms with Crippen molar-refractivity contribution >= 4 is 43.8 Å². The van der Waals surface area contributed by atoms with Crippen LogP contribution in [0.1, 0.15) is 59.7 Å². The van der Waals surface area contributed by atoms with Crippen molar-refractivity contribution in [3.63, 3.8) is 0 Å². The number of rotatable bonds is 1. The molecule has 0 bridgehead atoms. The maximum absolute atomic E-state index is 13.4. The number of benzene rings is 3. The largest absolute Gasteiger partial charge is 0.353 e. The molecule has 0 fully saturated rings. The molecule has 1 amide bonds. The first-order chi connectivity index (χ1) is 15.4. The fraction of sp³-hybridized carbons (Fsp3) is 0.321. The van der Waals surface area contributed by atoms with E-state index in [9.17, 15) is 4.79 Å². The van der Waals surface area contributed by atoms with E-state index in [1.165, 1.54) is 32.0 Å². The van der Waals surface area contributed by atoms with Gasteiger partial charge in [0, 0.05) is 10.4 Å². The van der Waals surface area contributed by atoms with E-state index in [0.717, 1.165) is 35.4 Å². The van der Waals surface area contributed by atoms with Gasteiger partial charge in [0.2, 0.25) is 0 Å². The Morgan fingerprint density at radius 2 is 1.59 bits per heavy atom. The predicted molar refractivity (Wildman–Crippen MR) is 135 cm³/mol. The summed E-state index contributed by atoms with van der Waals surface area (Å²) >= 11 is 1.80. The van der Waals surface area contributed by atoms with Gasteiger partial charge in [-0.25, -0.2) is 0 Å². The van der Waals surface area contributed by atoms with Gasteiger partial charge in [-0.2, -0.15) is 0 Å². The van der Waals surface area contributed by atoms with Gasteiger partial charge in [-0.3, -0.25) is 4.79 Å². The number of carbonyl (C=O) groups is 1. The van der Waals surface area contributed by atoms with E-state index >= 15 is 0 Å². The highest BCUT2D eigenvalue weighted by Crippen LogP contribution is 2.46. The Morgan fingerprint density at radius 3 is 2.25 bits per heavy atom. The SMILES string of the molecule is CC(C)(C)C1CCc2c(sc3c2C(=O)NC(c2c4ccccc4cc4ccccc24)N3)C1. The van der Waals surface area contributed by atoms with Gasteiger partial charge in [0.05, 0.1) is 5.56 Å².